The highest BCUT2D eigenvalue weighted by atomic mass is 35.5. The molecule has 0 aromatic carbocycles. The monoisotopic (exact) mass is 348 g/mol. The summed E-state index contributed by atoms with van der Waals surface area (Å²) in [6.45, 7) is 4.92. The van der Waals surface area contributed by atoms with Crippen LogP contribution in [0.25, 0.3) is 11.0 Å². The van der Waals surface area contributed by atoms with Crippen molar-refractivity contribution in [2.24, 2.45) is 7.05 Å². The summed E-state index contributed by atoms with van der Waals surface area (Å²) in [4.78, 5) is 14.9. The molecule has 4 rings (SSSR count). The van der Waals surface area contributed by atoms with Gasteiger partial charge in [-0.2, -0.15) is 5.10 Å². The third kappa shape index (κ3) is 2.91. The molecule has 4 heterocycles. The molecule has 3 aromatic rings. The van der Waals surface area contributed by atoms with Crippen molar-refractivity contribution in [2.45, 2.75) is 6.54 Å². The van der Waals surface area contributed by atoms with Gasteiger partial charge in [-0.25, -0.2) is 9.97 Å². The zero-order valence-corrected chi connectivity index (χ0v) is 14.4. The predicted octanol–water partition coefficient (Wildman–Crippen LogP) is 2.40. The van der Waals surface area contributed by atoms with E-state index in [2.05, 4.69) is 30.9 Å². The fourth-order valence-corrected chi connectivity index (χ4v) is 4.11. The number of aryl methyl sites for hydroxylation is 1. The fraction of sp³-hybridized carbons (Fsp3) is 0.400. The van der Waals surface area contributed by atoms with E-state index in [4.69, 9.17) is 11.6 Å². The lowest BCUT2D eigenvalue weighted by molar-refractivity contribution is 0.251. The smallest absolute Gasteiger partial charge is 0.163 e. The molecule has 1 aliphatic heterocycles. The predicted molar refractivity (Wildman–Crippen MR) is 93.1 cm³/mol. The number of thiophene rings is 1. The Morgan fingerprint density at radius 2 is 2.00 bits per heavy atom. The zero-order valence-electron chi connectivity index (χ0n) is 12.8. The highest BCUT2D eigenvalue weighted by Crippen LogP contribution is 2.25. The summed E-state index contributed by atoms with van der Waals surface area (Å²) in [5.41, 5.74) is 0.880. The molecule has 0 N–H and O–H groups in total. The van der Waals surface area contributed by atoms with Gasteiger partial charge in [0.1, 0.15) is 12.1 Å². The zero-order chi connectivity index (χ0) is 15.8. The molecule has 0 spiro atoms. The van der Waals surface area contributed by atoms with Gasteiger partial charge in [0.2, 0.25) is 0 Å². The molecule has 0 saturated carbocycles. The van der Waals surface area contributed by atoms with E-state index in [9.17, 15) is 0 Å². The Hall–Kier alpha value is -1.70. The third-order valence-electron chi connectivity index (χ3n) is 4.19. The summed E-state index contributed by atoms with van der Waals surface area (Å²) in [6.07, 6.45) is 3.48. The number of rotatable bonds is 3. The van der Waals surface area contributed by atoms with Crippen molar-refractivity contribution < 1.29 is 0 Å². The van der Waals surface area contributed by atoms with Crippen LogP contribution in [0, 0.1) is 0 Å². The number of fused-ring (bicyclic) bond motifs is 1. The Labute approximate surface area is 143 Å². The maximum Gasteiger partial charge on any atom is 0.163 e. The average molecular weight is 349 g/mol. The standard InChI is InChI=1S/C15H17ClN6S/c1-20-14-12(8-19-20)15(18-10-17-14)22-6-4-21(5-7-22)9-11-2-3-13(16)23-11/h2-3,8,10H,4-7,9H2,1H3. The van der Waals surface area contributed by atoms with Crippen molar-refractivity contribution in [1.82, 2.24) is 24.6 Å². The molecular weight excluding hydrogens is 332 g/mol. The second-order valence-electron chi connectivity index (χ2n) is 5.67. The highest BCUT2D eigenvalue weighted by molar-refractivity contribution is 7.16. The van der Waals surface area contributed by atoms with E-state index in [1.54, 1.807) is 22.3 Å². The van der Waals surface area contributed by atoms with Gasteiger partial charge in [-0.1, -0.05) is 11.6 Å². The van der Waals surface area contributed by atoms with E-state index in [-0.39, 0.29) is 0 Å². The first-order valence-electron chi connectivity index (χ1n) is 7.55. The van der Waals surface area contributed by atoms with Gasteiger partial charge in [0.05, 0.1) is 15.9 Å². The summed E-state index contributed by atoms with van der Waals surface area (Å²) in [6, 6.07) is 4.08. The van der Waals surface area contributed by atoms with Gasteiger partial charge in [0, 0.05) is 44.6 Å². The van der Waals surface area contributed by atoms with Crippen LogP contribution >= 0.6 is 22.9 Å². The molecule has 0 amide bonds. The quantitative estimate of drug-likeness (QED) is 0.727. The minimum absolute atomic E-state index is 0.860. The molecule has 0 atom stereocenters. The maximum absolute atomic E-state index is 6.01. The lowest BCUT2D eigenvalue weighted by atomic mass is 10.2. The van der Waals surface area contributed by atoms with E-state index in [1.165, 1.54) is 4.88 Å². The van der Waals surface area contributed by atoms with Gasteiger partial charge in [-0.3, -0.25) is 9.58 Å². The normalized spacial score (nSPS) is 16.3. The number of piperazine rings is 1. The number of nitrogens with zero attached hydrogens (tertiary/aromatic N) is 6. The topological polar surface area (TPSA) is 50.1 Å². The van der Waals surface area contributed by atoms with Crippen LogP contribution in [-0.2, 0) is 13.6 Å². The summed E-state index contributed by atoms with van der Waals surface area (Å²) in [5.74, 6) is 0.988. The van der Waals surface area contributed by atoms with E-state index >= 15 is 0 Å². The van der Waals surface area contributed by atoms with Crippen LogP contribution < -0.4 is 4.90 Å². The van der Waals surface area contributed by atoms with Crippen LogP contribution in [0.2, 0.25) is 4.34 Å². The van der Waals surface area contributed by atoms with Crippen molar-refractivity contribution in [1.29, 1.82) is 0 Å². The van der Waals surface area contributed by atoms with Gasteiger partial charge < -0.3 is 4.90 Å². The summed E-state index contributed by atoms with van der Waals surface area (Å²) < 4.78 is 2.65. The first kappa shape index (κ1) is 14.9. The van der Waals surface area contributed by atoms with E-state index in [0.717, 1.165) is 53.9 Å². The SMILES string of the molecule is Cn1ncc2c(N3CCN(Cc4ccc(Cl)s4)CC3)ncnc21. The first-order chi connectivity index (χ1) is 11.2. The van der Waals surface area contributed by atoms with E-state index < -0.39 is 0 Å². The molecule has 3 aromatic heterocycles. The van der Waals surface area contributed by atoms with Crippen LogP contribution in [0.4, 0.5) is 5.82 Å². The van der Waals surface area contributed by atoms with Gasteiger partial charge in [-0.05, 0) is 12.1 Å². The molecule has 0 unspecified atom stereocenters. The van der Waals surface area contributed by atoms with Crippen molar-refractivity contribution in [3.8, 4) is 0 Å². The molecule has 0 aliphatic carbocycles. The molecule has 6 nitrogen and oxygen atoms in total. The molecule has 0 radical (unpaired) electrons. The molecule has 120 valence electrons. The largest absolute Gasteiger partial charge is 0.353 e. The molecule has 0 bridgehead atoms. The number of aromatic nitrogens is 4. The highest BCUT2D eigenvalue weighted by Gasteiger charge is 2.21. The van der Waals surface area contributed by atoms with Crippen molar-refractivity contribution in [3.63, 3.8) is 0 Å². The van der Waals surface area contributed by atoms with Gasteiger partial charge in [0.15, 0.2) is 5.65 Å². The van der Waals surface area contributed by atoms with Gasteiger partial charge >= 0.3 is 0 Å². The van der Waals surface area contributed by atoms with Crippen LogP contribution in [0.5, 0.6) is 0 Å². The summed E-state index contributed by atoms with van der Waals surface area (Å²) in [5, 5.41) is 5.31. The molecule has 1 fully saturated rings. The second-order valence-corrected chi connectivity index (χ2v) is 7.47. The molecule has 23 heavy (non-hydrogen) atoms. The van der Waals surface area contributed by atoms with E-state index in [0.29, 0.717) is 0 Å². The van der Waals surface area contributed by atoms with Crippen molar-refractivity contribution in [2.75, 3.05) is 31.1 Å². The minimum atomic E-state index is 0.860. The fourth-order valence-electron chi connectivity index (χ4n) is 2.98. The number of hydrogen-bond donors (Lipinski definition) is 0. The maximum atomic E-state index is 6.01. The summed E-state index contributed by atoms with van der Waals surface area (Å²) >= 11 is 7.67. The lowest BCUT2D eigenvalue weighted by Crippen LogP contribution is -2.46. The third-order valence-corrected chi connectivity index (χ3v) is 5.40. The Morgan fingerprint density at radius 3 is 2.74 bits per heavy atom. The van der Waals surface area contributed by atoms with Crippen LogP contribution in [0.15, 0.2) is 24.7 Å². The van der Waals surface area contributed by atoms with E-state index in [1.807, 2.05) is 19.3 Å². The number of anilines is 1. The number of halogens is 1. The van der Waals surface area contributed by atoms with Crippen LogP contribution in [-0.4, -0.2) is 50.8 Å². The first-order valence-corrected chi connectivity index (χ1v) is 8.74. The van der Waals surface area contributed by atoms with Gasteiger partial charge in [-0.15, -0.1) is 11.3 Å². The Kier molecular flexibility index (Phi) is 3.92. The average Bonchev–Trinajstić information content (AvgIpc) is 3.14. The summed E-state index contributed by atoms with van der Waals surface area (Å²) in [7, 11) is 1.91. The molecule has 8 heteroatoms. The molecular formula is C15H17ClN6S. The molecule has 1 aliphatic rings. The number of hydrogen-bond acceptors (Lipinski definition) is 6. The second kappa shape index (κ2) is 6.07. The Balaban J connectivity index is 1.46. The van der Waals surface area contributed by atoms with Crippen molar-refractivity contribution in [3.05, 3.63) is 33.9 Å². The van der Waals surface area contributed by atoms with Gasteiger partial charge in [0.25, 0.3) is 0 Å². The molecule has 1 saturated heterocycles. The Morgan fingerprint density at radius 1 is 1.17 bits per heavy atom. The van der Waals surface area contributed by atoms with Crippen LogP contribution in [0.1, 0.15) is 4.88 Å². The van der Waals surface area contributed by atoms with Crippen molar-refractivity contribution >= 4 is 39.8 Å². The van der Waals surface area contributed by atoms with Crippen LogP contribution in [0.3, 0.4) is 0 Å². The minimum Gasteiger partial charge on any atom is -0.353 e. The Bertz CT molecular complexity index is 820. The lowest BCUT2D eigenvalue weighted by Gasteiger charge is -2.35.